The van der Waals surface area contributed by atoms with Crippen LogP contribution in [-0.2, 0) is 11.5 Å². The van der Waals surface area contributed by atoms with E-state index in [-0.39, 0.29) is 16.8 Å². The molecule has 0 aliphatic carbocycles. The Kier molecular flexibility index (Phi) is 3.38. The zero-order valence-corrected chi connectivity index (χ0v) is 10.3. The molecule has 0 saturated carbocycles. The van der Waals surface area contributed by atoms with E-state index >= 15 is 0 Å². The number of hydrogen-bond donors (Lipinski definition) is 0. The fourth-order valence-electron chi connectivity index (χ4n) is 1.38. The van der Waals surface area contributed by atoms with Crippen LogP contribution in [0.1, 0.15) is 11.6 Å². The summed E-state index contributed by atoms with van der Waals surface area (Å²) in [6.07, 6.45) is -4.65. The maximum Gasteiger partial charge on any atom is 0.451 e. The van der Waals surface area contributed by atoms with Gasteiger partial charge in [-0.05, 0) is 18.2 Å². The molecule has 8 heteroatoms. The van der Waals surface area contributed by atoms with Gasteiger partial charge in [0.2, 0.25) is 5.82 Å². The van der Waals surface area contributed by atoms with E-state index in [0.29, 0.717) is 4.68 Å². The number of alkyl halides is 4. The first kappa shape index (κ1) is 13.0. The van der Waals surface area contributed by atoms with Crippen molar-refractivity contribution in [3.8, 4) is 5.69 Å². The van der Waals surface area contributed by atoms with E-state index in [1.165, 1.54) is 12.1 Å². The lowest BCUT2D eigenvalue weighted by molar-refractivity contribution is -0.146. The van der Waals surface area contributed by atoms with Crippen LogP contribution in [0.3, 0.4) is 0 Å². The maximum absolute atomic E-state index is 13.0. The highest BCUT2D eigenvalue weighted by molar-refractivity contribution is 9.08. The highest BCUT2D eigenvalue weighted by Gasteiger charge is 2.38. The normalized spacial score (nSPS) is 11.8. The molecule has 0 amide bonds. The molecule has 2 rings (SSSR count). The highest BCUT2D eigenvalue weighted by Crippen LogP contribution is 2.29. The van der Waals surface area contributed by atoms with Crippen LogP contribution in [0.5, 0.6) is 0 Å². The lowest BCUT2D eigenvalue weighted by Crippen LogP contribution is -2.14. The molecule has 0 N–H and O–H groups in total. The van der Waals surface area contributed by atoms with Gasteiger partial charge in [0, 0.05) is 0 Å². The van der Waals surface area contributed by atoms with Crippen molar-refractivity contribution in [2.24, 2.45) is 0 Å². The highest BCUT2D eigenvalue weighted by atomic mass is 79.9. The summed E-state index contributed by atoms with van der Waals surface area (Å²) in [6, 6.07) is 4.73. The molecule has 0 saturated heterocycles. The van der Waals surface area contributed by atoms with Gasteiger partial charge >= 0.3 is 6.18 Å². The number of nitrogens with zero attached hydrogens (tertiary/aromatic N) is 3. The van der Waals surface area contributed by atoms with Gasteiger partial charge in [0.15, 0.2) is 5.82 Å². The molecule has 18 heavy (non-hydrogen) atoms. The third kappa shape index (κ3) is 2.53. The first-order valence-corrected chi connectivity index (χ1v) is 5.89. The lowest BCUT2D eigenvalue weighted by Gasteiger charge is -2.08. The smallest absolute Gasteiger partial charge is 0.209 e. The summed E-state index contributed by atoms with van der Waals surface area (Å²) < 4.78 is 51.9. The van der Waals surface area contributed by atoms with Crippen LogP contribution in [0.25, 0.3) is 5.69 Å². The lowest BCUT2D eigenvalue weighted by atomic mass is 10.3. The number of benzene rings is 1. The van der Waals surface area contributed by atoms with Crippen LogP contribution in [-0.4, -0.2) is 14.8 Å². The summed E-state index contributed by atoms with van der Waals surface area (Å²) in [4.78, 5) is 3.36. The van der Waals surface area contributed by atoms with E-state index in [1.54, 1.807) is 0 Å². The quantitative estimate of drug-likeness (QED) is 0.627. The molecule has 0 bridgehead atoms. The molecule has 1 aromatic carbocycles. The van der Waals surface area contributed by atoms with Crippen LogP contribution >= 0.6 is 15.9 Å². The topological polar surface area (TPSA) is 30.7 Å². The van der Waals surface area contributed by atoms with Gasteiger partial charge in [0.05, 0.1) is 11.0 Å². The van der Waals surface area contributed by atoms with Gasteiger partial charge in [-0.2, -0.15) is 13.2 Å². The number of halogens is 5. The predicted molar refractivity (Wildman–Crippen MR) is 59.0 cm³/mol. The summed E-state index contributed by atoms with van der Waals surface area (Å²) >= 11 is 2.98. The van der Waals surface area contributed by atoms with Gasteiger partial charge < -0.3 is 0 Å². The van der Waals surface area contributed by atoms with Gasteiger partial charge in [0.25, 0.3) is 0 Å². The molecule has 0 fully saturated rings. The van der Waals surface area contributed by atoms with Crippen molar-refractivity contribution in [2.75, 3.05) is 0 Å². The van der Waals surface area contributed by atoms with Crippen LogP contribution in [0, 0.1) is 5.82 Å². The van der Waals surface area contributed by atoms with Crippen molar-refractivity contribution in [2.45, 2.75) is 11.5 Å². The van der Waals surface area contributed by atoms with Gasteiger partial charge in [-0.25, -0.2) is 14.1 Å². The van der Waals surface area contributed by atoms with Crippen molar-refractivity contribution in [1.29, 1.82) is 0 Å². The zero-order valence-electron chi connectivity index (χ0n) is 8.75. The Morgan fingerprint density at radius 1 is 1.28 bits per heavy atom. The predicted octanol–water partition coefficient (Wildman–Crippen LogP) is 3.32. The van der Waals surface area contributed by atoms with Gasteiger partial charge in [-0.15, -0.1) is 5.10 Å². The van der Waals surface area contributed by atoms with Gasteiger partial charge in [-0.3, -0.25) is 0 Å². The minimum atomic E-state index is -4.65. The third-order valence-electron chi connectivity index (χ3n) is 2.08. The van der Waals surface area contributed by atoms with Crippen molar-refractivity contribution >= 4 is 15.9 Å². The molecule has 3 nitrogen and oxygen atoms in total. The van der Waals surface area contributed by atoms with E-state index < -0.39 is 17.8 Å². The molecule has 0 radical (unpaired) electrons. The Labute approximate surface area is 108 Å². The van der Waals surface area contributed by atoms with E-state index in [4.69, 9.17) is 0 Å². The van der Waals surface area contributed by atoms with Gasteiger partial charge in [0.1, 0.15) is 5.82 Å². The molecule has 0 spiro atoms. The van der Waals surface area contributed by atoms with E-state index in [2.05, 4.69) is 26.0 Å². The molecule has 0 aliphatic rings. The minimum absolute atomic E-state index is 0.0217. The zero-order chi connectivity index (χ0) is 13.3. The molecule has 0 aliphatic heterocycles. The van der Waals surface area contributed by atoms with Crippen LogP contribution in [0.2, 0.25) is 0 Å². The minimum Gasteiger partial charge on any atom is -0.209 e. The monoisotopic (exact) mass is 323 g/mol. The molecular formula is C10H6BrF4N3. The summed E-state index contributed by atoms with van der Waals surface area (Å²) in [5, 5.41) is 3.76. The van der Waals surface area contributed by atoms with Crippen molar-refractivity contribution in [3.63, 3.8) is 0 Å². The van der Waals surface area contributed by atoms with Crippen LogP contribution < -0.4 is 0 Å². The van der Waals surface area contributed by atoms with Gasteiger partial charge in [-0.1, -0.05) is 22.0 Å². The van der Waals surface area contributed by atoms with Crippen molar-refractivity contribution in [3.05, 3.63) is 41.7 Å². The third-order valence-corrected chi connectivity index (χ3v) is 2.58. The SMILES string of the molecule is Fc1cccc(-n2nc(CBr)nc2C(F)(F)F)c1. The van der Waals surface area contributed by atoms with E-state index in [1.807, 2.05) is 0 Å². The Balaban J connectivity index is 2.59. The summed E-state index contributed by atoms with van der Waals surface area (Å²) in [5.41, 5.74) is -0.0259. The summed E-state index contributed by atoms with van der Waals surface area (Å²) in [7, 11) is 0. The summed E-state index contributed by atoms with van der Waals surface area (Å²) in [5.74, 6) is -1.84. The first-order chi connectivity index (χ1) is 8.41. The number of hydrogen-bond acceptors (Lipinski definition) is 2. The van der Waals surface area contributed by atoms with E-state index in [0.717, 1.165) is 12.1 Å². The molecule has 2 aromatic rings. The second-order valence-corrected chi connectivity index (χ2v) is 3.94. The molecule has 0 atom stereocenters. The molecule has 1 aromatic heterocycles. The Hall–Kier alpha value is -1.44. The average Bonchev–Trinajstić information content (AvgIpc) is 2.72. The number of rotatable bonds is 2. The van der Waals surface area contributed by atoms with Crippen LogP contribution in [0.15, 0.2) is 24.3 Å². The van der Waals surface area contributed by atoms with Crippen molar-refractivity contribution < 1.29 is 17.6 Å². The second-order valence-electron chi connectivity index (χ2n) is 3.37. The Bertz CT molecular complexity index is 564. The first-order valence-electron chi connectivity index (χ1n) is 4.77. The molecule has 0 unspecified atom stereocenters. The summed E-state index contributed by atoms with van der Waals surface area (Å²) in [6.45, 7) is 0. The fourth-order valence-corrected chi connectivity index (χ4v) is 1.62. The second kappa shape index (κ2) is 4.68. The standard InChI is InChI=1S/C10H6BrF4N3/c11-5-8-16-9(10(13,14)15)18(17-8)7-3-1-2-6(12)4-7/h1-4H,5H2. The molecular weight excluding hydrogens is 318 g/mol. The number of aromatic nitrogens is 3. The fraction of sp³-hybridized carbons (Fsp3) is 0.200. The Morgan fingerprint density at radius 3 is 2.56 bits per heavy atom. The Morgan fingerprint density at radius 2 is 2.00 bits per heavy atom. The molecule has 1 heterocycles. The molecule has 96 valence electrons. The van der Waals surface area contributed by atoms with Crippen molar-refractivity contribution in [1.82, 2.24) is 14.8 Å². The average molecular weight is 324 g/mol. The maximum atomic E-state index is 13.0. The van der Waals surface area contributed by atoms with E-state index in [9.17, 15) is 17.6 Å². The van der Waals surface area contributed by atoms with Crippen LogP contribution in [0.4, 0.5) is 17.6 Å². The largest absolute Gasteiger partial charge is 0.451 e.